The molecule has 7 nitrogen and oxygen atoms in total. The van der Waals surface area contributed by atoms with Crippen molar-refractivity contribution in [2.75, 3.05) is 13.1 Å². The van der Waals surface area contributed by atoms with Crippen molar-refractivity contribution in [1.29, 1.82) is 0 Å². The van der Waals surface area contributed by atoms with E-state index in [1.807, 2.05) is 52.0 Å². The van der Waals surface area contributed by atoms with Crippen LogP contribution in [0.5, 0.6) is 0 Å². The minimum absolute atomic E-state index is 0.0279. The number of piperidine rings is 1. The number of aromatic nitrogens is 4. The molecule has 27 heavy (non-hydrogen) atoms. The molecule has 2 N–H and O–H groups in total. The highest BCUT2D eigenvalue weighted by molar-refractivity contribution is 5.75. The third-order valence-corrected chi connectivity index (χ3v) is 4.95. The number of benzene rings is 1. The maximum atomic E-state index is 12.4. The van der Waals surface area contributed by atoms with Crippen LogP contribution < -0.4 is 10.6 Å². The first-order chi connectivity index (χ1) is 13.3. The van der Waals surface area contributed by atoms with E-state index in [0.29, 0.717) is 12.5 Å². The number of rotatable bonds is 6. The molecule has 1 atom stereocenters. The Bertz CT molecular complexity index is 862. The van der Waals surface area contributed by atoms with Crippen LogP contribution in [0, 0.1) is 0 Å². The predicted octanol–water partition coefficient (Wildman–Crippen LogP) is 1.85. The summed E-state index contributed by atoms with van der Waals surface area (Å²) < 4.78 is 3.63. The second kappa shape index (κ2) is 8.18. The molecule has 0 aliphatic carbocycles. The van der Waals surface area contributed by atoms with Crippen LogP contribution in [-0.2, 0) is 17.9 Å². The van der Waals surface area contributed by atoms with Gasteiger partial charge in [-0.05, 0) is 49.2 Å². The second-order valence-corrected chi connectivity index (χ2v) is 6.85. The van der Waals surface area contributed by atoms with Crippen LogP contribution in [0.15, 0.2) is 55.0 Å². The Kier molecular flexibility index (Phi) is 5.29. The highest BCUT2D eigenvalue weighted by atomic mass is 16.2. The summed E-state index contributed by atoms with van der Waals surface area (Å²) >= 11 is 0. The van der Waals surface area contributed by atoms with Gasteiger partial charge in [0.05, 0.1) is 5.69 Å². The van der Waals surface area contributed by atoms with Crippen molar-refractivity contribution in [2.45, 2.75) is 31.8 Å². The average Bonchev–Trinajstić information content (AvgIpc) is 3.40. The lowest BCUT2D eigenvalue weighted by Gasteiger charge is -2.23. The molecule has 3 heterocycles. The topological polar surface area (TPSA) is 76.8 Å². The Balaban J connectivity index is 1.32. The van der Waals surface area contributed by atoms with Gasteiger partial charge in [0, 0.05) is 43.3 Å². The van der Waals surface area contributed by atoms with Gasteiger partial charge in [-0.3, -0.25) is 9.48 Å². The third-order valence-electron chi connectivity index (χ3n) is 4.95. The standard InChI is InChI=1S/C20H24N6O/c27-20(15-26-19(8-11-24-26)17-3-1-9-21-14-17)22-13-16-4-6-18(7-5-16)25-12-2-10-23-25/h2,4-8,10-12,17,21H,1,3,9,13-15H2,(H,22,27). The van der Waals surface area contributed by atoms with Gasteiger partial charge in [0.25, 0.3) is 0 Å². The Morgan fingerprint density at radius 3 is 2.81 bits per heavy atom. The lowest BCUT2D eigenvalue weighted by Crippen LogP contribution is -2.32. The van der Waals surface area contributed by atoms with Gasteiger partial charge in [-0.1, -0.05) is 12.1 Å². The van der Waals surface area contributed by atoms with Crippen molar-refractivity contribution in [3.05, 3.63) is 66.2 Å². The van der Waals surface area contributed by atoms with E-state index in [0.717, 1.165) is 42.9 Å². The van der Waals surface area contributed by atoms with E-state index in [-0.39, 0.29) is 12.5 Å². The Morgan fingerprint density at radius 2 is 2.07 bits per heavy atom. The van der Waals surface area contributed by atoms with Crippen LogP contribution >= 0.6 is 0 Å². The summed E-state index contributed by atoms with van der Waals surface area (Å²) in [6.45, 7) is 2.78. The molecule has 7 heteroatoms. The molecule has 0 spiro atoms. The Morgan fingerprint density at radius 1 is 1.19 bits per heavy atom. The van der Waals surface area contributed by atoms with E-state index in [1.165, 1.54) is 0 Å². The normalized spacial score (nSPS) is 17.0. The summed E-state index contributed by atoms with van der Waals surface area (Å²) in [5.74, 6) is 0.406. The smallest absolute Gasteiger partial charge is 0.242 e. The fraction of sp³-hybridized carbons (Fsp3) is 0.350. The quantitative estimate of drug-likeness (QED) is 0.700. The molecule has 1 aromatic carbocycles. The van der Waals surface area contributed by atoms with Gasteiger partial charge in [0.1, 0.15) is 6.54 Å². The number of amides is 1. The maximum Gasteiger partial charge on any atom is 0.242 e. The van der Waals surface area contributed by atoms with Gasteiger partial charge in [-0.25, -0.2) is 4.68 Å². The fourth-order valence-corrected chi connectivity index (χ4v) is 3.51. The van der Waals surface area contributed by atoms with Crippen molar-refractivity contribution < 1.29 is 4.79 Å². The van der Waals surface area contributed by atoms with E-state index < -0.39 is 0 Å². The van der Waals surface area contributed by atoms with Gasteiger partial charge < -0.3 is 10.6 Å². The van der Waals surface area contributed by atoms with Crippen molar-refractivity contribution in [2.24, 2.45) is 0 Å². The van der Waals surface area contributed by atoms with E-state index in [9.17, 15) is 4.79 Å². The Hall–Kier alpha value is -2.93. The number of nitrogens with one attached hydrogen (secondary N) is 2. The molecule has 3 aromatic rings. The number of nitrogens with zero attached hydrogens (tertiary/aromatic N) is 4. The molecular weight excluding hydrogens is 340 g/mol. The zero-order chi connectivity index (χ0) is 18.5. The second-order valence-electron chi connectivity index (χ2n) is 6.85. The zero-order valence-electron chi connectivity index (χ0n) is 15.2. The van der Waals surface area contributed by atoms with Gasteiger partial charge >= 0.3 is 0 Å². The third kappa shape index (κ3) is 4.25. The molecule has 1 fully saturated rings. The first-order valence-electron chi connectivity index (χ1n) is 9.38. The first kappa shape index (κ1) is 17.5. The molecular formula is C20H24N6O. The SMILES string of the molecule is O=C(Cn1nccc1C1CCCNC1)NCc1ccc(-n2cccn2)cc1. The molecule has 0 radical (unpaired) electrons. The highest BCUT2D eigenvalue weighted by Gasteiger charge is 2.19. The monoisotopic (exact) mass is 364 g/mol. The van der Waals surface area contributed by atoms with Crippen LogP contribution in [0.25, 0.3) is 5.69 Å². The molecule has 1 aliphatic heterocycles. The fourth-order valence-electron chi connectivity index (χ4n) is 3.51. The van der Waals surface area contributed by atoms with Crippen LogP contribution in [0.1, 0.15) is 30.0 Å². The molecule has 1 amide bonds. The van der Waals surface area contributed by atoms with Gasteiger partial charge in [0.15, 0.2) is 0 Å². The van der Waals surface area contributed by atoms with Crippen molar-refractivity contribution in [3.63, 3.8) is 0 Å². The van der Waals surface area contributed by atoms with Crippen molar-refractivity contribution in [1.82, 2.24) is 30.2 Å². The first-order valence-corrected chi connectivity index (χ1v) is 9.38. The largest absolute Gasteiger partial charge is 0.350 e. The van der Waals surface area contributed by atoms with Crippen LogP contribution in [-0.4, -0.2) is 38.6 Å². The summed E-state index contributed by atoms with van der Waals surface area (Å²) in [5.41, 5.74) is 3.19. The van der Waals surface area contributed by atoms with Gasteiger partial charge in [-0.2, -0.15) is 10.2 Å². The predicted molar refractivity (Wildman–Crippen MR) is 102 cm³/mol. The summed E-state index contributed by atoms with van der Waals surface area (Å²) in [6.07, 6.45) is 7.74. The number of hydrogen-bond acceptors (Lipinski definition) is 4. The average molecular weight is 364 g/mol. The molecule has 4 rings (SSSR count). The number of hydrogen-bond donors (Lipinski definition) is 2. The van der Waals surface area contributed by atoms with Crippen molar-refractivity contribution in [3.8, 4) is 5.69 Å². The number of carbonyl (C=O) groups excluding carboxylic acids is 1. The summed E-state index contributed by atoms with van der Waals surface area (Å²) in [6, 6.07) is 11.9. The molecule has 140 valence electrons. The van der Waals surface area contributed by atoms with Crippen molar-refractivity contribution >= 4 is 5.91 Å². The summed E-state index contributed by atoms with van der Waals surface area (Å²) in [7, 11) is 0. The van der Waals surface area contributed by atoms with E-state index in [2.05, 4.69) is 20.8 Å². The van der Waals surface area contributed by atoms with Crippen LogP contribution in [0.3, 0.4) is 0 Å². The maximum absolute atomic E-state index is 12.4. The summed E-state index contributed by atoms with van der Waals surface area (Å²) in [4.78, 5) is 12.4. The lowest BCUT2D eigenvalue weighted by atomic mass is 9.96. The minimum atomic E-state index is -0.0279. The summed E-state index contributed by atoms with van der Waals surface area (Å²) in [5, 5.41) is 15.0. The molecule has 0 saturated carbocycles. The van der Waals surface area contributed by atoms with E-state index in [1.54, 1.807) is 12.4 Å². The van der Waals surface area contributed by atoms with Gasteiger partial charge in [-0.15, -0.1) is 0 Å². The highest BCUT2D eigenvalue weighted by Crippen LogP contribution is 2.22. The van der Waals surface area contributed by atoms with E-state index in [4.69, 9.17) is 0 Å². The molecule has 1 unspecified atom stereocenters. The molecule has 0 bridgehead atoms. The molecule has 1 aliphatic rings. The molecule has 2 aromatic heterocycles. The Labute approximate surface area is 158 Å². The zero-order valence-corrected chi connectivity index (χ0v) is 15.2. The lowest BCUT2D eigenvalue weighted by molar-refractivity contribution is -0.122. The van der Waals surface area contributed by atoms with Crippen LogP contribution in [0.2, 0.25) is 0 Å². The van der Waals surface area contributed by atoms with Crippen LogP contribution in [0.4, 0.5) is 0 Å². The van der Waals surface area contributed by atoms with Gasteiger partial charge in [0.2, 0.25) is 5.91 Å². The van der Waals surface area contributed by atoms with E-state index >= 15 is 0 Å². The molecule has 1 saturated heterocycles. The number of carbonyl (C=O) groups is 1. The minimum Gasteiger partial charge on any atom is -0.350 e.